The van der Waals surface area contributed by atoms with Crippen molar-refractivity contribution in [3.8, 4) is 0 Å². The van der Waals surface area contributed by atoms with Crippen molar-refractivity contribution in [3.05, 3.63) is 93.4 Å². The third-order valence-electron chi connectivity index (χ3n) is 6.88. The molecule has 3 aromatic carbocycles. The monoisotopic (exact) mass is 621 g/mol. The second kappa shape index (κ2) is 13.3. The third kappa shape index (κ3) is 7.49. The molecule has 40 heavy (non-hydrogen) atoms. The predicted molar refractivity (Wildman–Crippen MR) is 159 cm³/mol. The summed E-state index contributed by atoms with van der Waals surface area (Å²) in [5.74, 6) is -0.864. The first-order valence-electron chi connectivity index (χ1n) is 12.9. The van der Waals surface area contributed by atoms with Crippen molar-refractivity contribution in [2.75, 3.05) is 10.8 Å². The summed E-state index contributed by atoms with van der Waals surface area (Å²) in [4.78, 5) is 28.6. The minimum Gasteiger partial charge on any atom is -0.352 e. The Balaban J connectivity index is 1.69. The number of halogens is 3. The van der Waals surface area contributed by atoms with Gasteiger partial charge in [-0.15, -0.1) is 0 Å². The van der Waals surface area contributed by atoms with Gasteiger partial charge in [0, 0.05) is 27.7 Å². The fourth-order valence-electron chi connectivity index (χ4n) is 4.69. The van der Waals surface area contributed by atoms with Gasteiger partial charge in [0.25, 0.3) is 10.0 Å². The maximum atomic E-state index is 14.0. The van der Waals surface area contributed by atoms with E-state index in [1.54, 1.807) is 49.4 Å². The number of sulfonamides is 1. The van der Waals surface area contributed by atoms with Crippen LogP contribution in [0.15, 0.2) is 77.7 Å². The number of carbonyl (C=O) groups excluding carboxylic acids is 2. The van der Waals surface area contributed by atoms with Crippen molar-refractivity contribution in [1.82, 2.24) is 10.2 Å². The van der Waals surface area contributed by atoms with Gasteiger partial charge in [0.1, 0.15) is 12.6 Å². The lowest BCUT2D eigenvalue weighted by molar-refractivity contribution is -0.139. The van der Waals surface area contributed by atoms with Gasteiger partial charge < -0.3 is 10.2 Å². The highest BCUT2D eigenvalue weighted by molar-refractivity contribution is 7.92. The molecule has 0 unspecified atom stereocenters. The summed E-state index contributed by atoms with van der Waals surface area (Å²) >= 11 is 18.5. The number of benzene rings is 3. The molecule has 0 bridgehead atoms. The van der Waals surface area contributed by atoms with Gasteiger partial charge in [-0.3, -0.25) is 13.9 Å². The van der Waals surface area contributed by atoms with Crippen LogP contribution in [0, 0.1) is 0 Å². The molecule has 0 spiro atoms. The lowest BCUT2D eigenvalue weighted by atomic mass is 10.1. The molecule has 1 atom stereocenters. The molecule has 0 aromatic heterocycles. The Labute approximate surface area is 250 Å². The van der Waals surface area contributed by atoms with Gasteiger partial charge in [0.05, 0.1) is 10.6 Å². The van der Waals surface area contributed by atoms with E-state index in [-0.39, 0.29) is 39.1 Å². The van der Waals surface area contributed by atoms with Gasteiger partial charge in [-0.05, 0) is 67.8 Å². The number of hydrogen-bond acceptors (Lipinski definition) is 4. The van der Waals surface area contributed by atoms with Gasteiger partial charge in [0.15, 0.2) is 0 Å². The van der Waals surface area contributed by atoms with Crippen LogP contribution in [-0.2, 0) is 26.2 Å². The fourth-order valence-corrected chi connectivity index (χ4v) is 6.75. The Hall–Kier alpha value is -2.78. The van der Waals surface area contributed by atoms with E-state index in [9.17, 15) is 18.0 Å². The van der Waals surface area contributed by atoms with Crippen molar-refractivity contribution >= 4 is 62.3 Å². The summed E-state index contributed by atoms with van der Waals surface area (Å²) < 4.78 is 28.6. The van der Waals surface area contributed by atoms with Crippen molar-refractivity contribution in [2.24, 2.45) is 0 Å². The molecule has 4 rings (SSSR count). The molecule has 2 amide bonds. The highest BCUT2D eigenvalue weighted by Gasteiger charge is 2.33. The van der Waals surface area contributed by atoms with E-state index in [4.69, 9.17) is 34.8 Å². The summed E-state index contributed by atoms with van der Waals surface area (Å²) in [6.07, 6.45) is 3.87. The van der Waals surface area contributed by atoms with Gasteiger partial charge >= 0.3 is 0 Å². The maximum absolute atomic E-state index is 14.0. The van der Waals surface area contributed by atoms with Crippen molar-refractivity contribution in [3.63, 3.8) is 0 Å². The molecule has 3 aromatic rings. The number of anilines is 1. The second-order valence-corrected chi connectivity index (χ2v) is 12.9. The molecule has 0 radical (unpaired) electrons. The molecule has 1 aliphatic carbocycles. The Bertz CT molecular complexity index is 1430. The van der Waals surface area contributed by atoms with Crippen LogP contribution in [0.3, 0.4) is 0 Å². The Morgan fingerprint density at radius 2 is 1.50 bits per heavy atom. The summed E-state index contributed by atoms with van der Waals surface area (Å²) in [6.45, 7) is 1.14. The van der Waals surface area contributed by atoms with Crippen LogP contribution in [0.4, 0.5) is 5.69 Å². The summed E-state index contributed by atoms with van der Waals surface area (Å²) in [7, 11) is -4.21. The molecule has 0 heterocycles. The maximum Gasteiger partial charge on any atom is 0.264 e. The average molecular weight is 623 g/mol. The summed E-state index contributed by atoms with van der Waals surface area (Å²) in [5.41, 5.74) is 0.866. The van der Waals surface area contributed by atoms with Gasteiger partial charge in [-0.25, -0.2) is 8.42 Å². The lowest BCUT2D eigenvalue weighted by Gasteiger charge is -2.32. The smallest absolute Gasteiger partial charge is 0.264 e. The second-order valence-electron chi connectivity index (χ2n) is 9.77. The van der Waals surface area contributed by atoms with Crippen molar-refractivity contribution in [1.29, 1.82) is 0 Å². The Morgan fingerprint density at radius 3 is 2.10 bits per heavy atom. The highest BCUT2D eigenvalue weighted by atomic mass is 35.5. The number of nitrogens with one attached hydrogen (secondary N) is 1. The minimum absolute atomic E-state index is 0.00447. The molecule has 1 saturated carbocycles. The first-order valence-corrected chi connectivity index (χ1v) is 15.5. The summed E-state index contributed by atoms with van der Waals surface area (Å²) in [6, 6.07) is 18.2. The lowest BCUT2D eigenvalue weighted by Crippen LogP contribution is -2.52. The number of hydrogen-bond donors (Lipinski definition) is 1. The molecule has 0 saturated heterocycles. The van der Waals surface area contributed by atoms with E-state index < -0.39 is 28.5 Å². The molecular weight excluding hydrogens is 593 g/mol. The molecule has 1 aliphatic rings. The topological polar surface area (TPSA) is 86.8 Å². The average Bonchev–Trinajstić information content (AvgIpc) is 3.43. The van der Waals surface area contributed by atoms with E-state index in [1.165, 1.54) is 35.2 Å². The molecule has 1 N–H and O–H groups in total. The molecule has 212 valence electrons. The Morgan fingerprint density at radius 1 is 0.900 bits per heavy atom. The van der Waals surface area contributed by atoms with E-state index in [2.05, 4.69) is 5.32 Å². The SMILES string of the molecule is C[C@@H](C(=O)NC1CCCC1)N(Cc1ccc(Cl)cc1)C(=O)CN(c1cc(Cl)cc(Cl)c1)S(=O)(=O)c1ccccc1. The zero-order valence-corrected chi connectivity index (χ0v) is 25.0. The first kappa shape index (κ1) is 30.2. The normalized spacial score (nSPS) is 14.5. The van der Waals surface area contributed by atoms with Crippen LogP contribution < -0.4 is 9.62 Å². The van der Waals surface area contributed by atoms with Crippen molar-refractivity contribution < 1.29 is 18.0 Å². The minimum atomic E-state index is -4.21. The van der Waals surface area contributed by atoms with E-state index in [0.717, 1.165) is 35.6 Å². The molecular formula is C29H30Cl3N3O4S. The zero-order valence-electron chi connectivity index (χ0n) is 21.9. The van der Waals surface area contributed by atoms with Crippen LogP contribution in [0.2, 0.25) is 15.1 Å². The zero-order chi connectivity index (χ0) is 28.9. The summed E-state index contributed by atoms with van der Waals surface area (Å²) in [5, 5.41) is 4.01. The molecule has 1 fully saturated rings. The molecule has 11 heteroatoms. The van der Waals surface area contributed by atoms with Crippen LogP contribution in [0.25, 0.3) is 0 Å². The van der Waals surface area contributed by atoms with Crippen LogP contribution >= 0.6 is 34.8 Å². The van der Waals surface area contributed by atoms with Gasteiger partial charge in [0.2, 0.25) is 11.8 Å². The molecule has 0 aliphatic heterocycles. The van der Waals surface area contributed by atoms with Crippen LogP contribution in [0.5, 0.6) is 0 Å². The largest absolute Gasteiger partial charge is 0.352 e. The number of carbonyl (C=O) groups is 2. The first-order chi connectivity index (χ1) is 19.0. The Kier molecular flexibility index (Phi) is 10.0. The molecule has 7 nitrogen and oxygen atoms in total. The standard InChI is InChI=1S/C29H30Cl3N3O4S/c1-20(29(37)33-25-7-5-6-8-25)34(18-21-11-13-22(30)14-12-21)28(36)19-35(26-16-23(31)15-24(32)17-26)40(38,39)27-9-3-2-4-10-27/h2-4,9-17,20,25H,5-8,18-19H2,1H3,(H,33,37)/t20-/m0/s1. The van der Waals surface area contributed by atoms with E-state index >= 15 is 0 Å². The van der Waals surface area contributed by atoms with E-state index in [1.807, 2.05) is 0 Å². The predicted octanol–water partition coefficient (Wildman–Crippen LogP) is 6.32. The van der Waals surface area contributed by atoms with Gasteiger partial charge in [-0.2, -0.15) is 0 Å². The van der Waals surface area contributed by atoms with Crippen molar-refractivity contribution in [2.45, 2.75) is 56.1 Å². The van der Waals surface area contributed by atoms with Crippen LogP contribution in [0.1, 0.15) is 38.2 Å². The fraction of sp³-hybridized carbons (Fsp3) is 0.310. The number of amides is 2. The highest BCUT2D eigenvalue weighted by Crippen LogP contribution is 2.30. The van der Waals surface area contributed by atoms with Crippen LogP contribution in [-0.4, -0.2) is 43.8 Å². The van der Waals surface area contributed by atoms with E-state index in [0.29, 0.717) is 5.02 Å². The van der Waals surface area contributed by atoms with Gasteiger partial charge in [-0.1, -0.05) is 78.0 Å². The number of rotatable bonds is 10. The third-order valence-corrected chi connectivity index (χ3v) is 9.36. The quantitative estimate of drug-likeness (QED) is 0.287. The number of nitrogens with zero attached hydrogens (tertiary/aromatic N) is 2.